The molecule has 0 saturated heterocycles. The molecule has 0 aliphatic rings. The molecule has 0 N–H and O–H groups in total. The predicted molar refractivity (Wildman–Crippen MR) is 89.1 cm³/mol. The first-order chi connectivity index (χ1) is 9.63. The molecule has 0 spiro atoms. The van der Waals surface area contributed by atoms with E-state index >= 15 is 0 Å². The molecule has 0 radical (unpaired) electrons. The fourth-order valence-electron chi connectivity index (χ4n) is 2.21. The van der Waals surface area contributed by atoms with Crippen molar-refractivity contribution < 1.29 is 4.79 Å². The highest BCUT2D eigenvalue weighted by molar-refractivity contribution is 14.1. The van der Waals surface area contributed by atoms with E-state index in [0.29, 0.717) is 11.3 Å². The molecule has 1 heterocycles. The van der Waals surface area contributed by atoms with Gasteiger partial charge in [0.25, 0.3) is 0 Å². The third-order valence-corrected chi connectivity index (χ3v) is 3.76. The van der Waals surface area contributed by atoms with Gasteiger partial charge in [0.2, 0.25) is 5.78 Å². The van der Waals surface area contributed by atoms with E-state index in [2.05, 4.69) is 27.6 Å². The quantitative estimate of drug-likeness (QED) is 0.493. The fraction of sp³-hybridized carbons (Fsp3) is 0.0588. The molecule has 2 nitrogen and oxygen atoms in total. The van der Waals surface area contributed by atoms with E-state index in [1.54, 1.807) is 6.07 Å². The summed E-state index contributed by atoms with van der Waals surface area (Å²) in [7, 11) is 0. The Balaban J connectivity index is 2.07. The van der Waals surface area contributed by atoms with Crippen LogP contribution in [-0.2, 0) is 0 Å². The summed E-state index contributed by atoms with van der Waals surface area (Å²) >= 11 is 2.23. The van der Waals surface area contributed by atoms with E-state index < -0.39 is 0 Å². The van der Waals surface area contributed by atoms with Crippen LogP contribution in [0.5, 0.6) is 0 Å². The second kappa shape index (κ2) is 5.32. The largest absolute Gasteiger partial charge is 0.287 e. The van der Waals surface area contributed by atoms with Gasteiger partial charge in [-0.05, 0) is 65.4 Å². The molecule has 0 aliphatic heterocycles. The number of hydrogen-bond acceptors (Lipinski definition) is 2. The molecule has 3 heteroatoms. The van der Waals surface area contributed by atoms with Crippen LogP contribution in [0.25, 0.3) is 10.9 Å². The minimum Gasteiger partial charge on any atom is -0.287 e. The molecule has 3 aromatic rings. The van der Waals surface area contributed by atoms with E-state index in [1.165, 1.54) is 0 Å². The lowest BCUT2D eigenvalue weighted by Crippen LogP contribution is -2.05. The number of fused-ring (bicyclic) bond motifs is 1. The monoisotopic (exact) mass is 373 g/mol. The summed E-state index contributed by atoms with van der Waals surface area (Å²) in [5, 5.41) is 1.04. The minimum absolute atomic E-state index is 0.0302. The average molecular weight is 373 g/mol. The number of benzene rings is 2. The number of hydrogen-bond donors (Lipinski definition) is 0. The molecular weight excluding hydrogens is 361 g/mol. The number of nitrogens with zero attached hydrogens (tertiary/aromatic N) is 1. The number of rotatable bonds is 2. The molecule has 0 saturated carbocycles. The first-order valence-electron chi connectivity index (χ1n) is 6.31. The lowest BCUT2D eigenvalue weighted by molar-refractivity contribution is 0.103. The van der Waals surface area contributed by atoms with Crippen molar-refractivity contribution in [3.63, 3.8) is 0 Å². The number of halogens is 1. The molecule has 0 fully saturated rings. The summed E-state index contributed by atoms with van der Waals surface area (Å²) in [6.07, 6.45) is 0. The molecular formula is C17H12INO. The Bertz CT molecular complexity index is 791. The first kappa shape index (κ1) is 13.2. The molecule has 98 valence electrons. The van der Waals surface area contributed by atoms with Crippen LogP contribution in [0, 0.1) is 10.5 Å². The number of carbonyl (C=O) groups excluding carboxylic acids is 1. The summed E-state index contributed by atoms with van der Waals surface area (Å²) in [5.41, 5.74) is 3.11. The minimum atomic E-state index is -0.0302. The Morgan fingerprint density at radius 2 is 1.85 bits per heavy atom. The van der Waals surface area contributed by atoms with Gasteiger partial charge in [-0.3, -0.25) is 4.79 Å². The maximum Gasteiger partial charge on any atom is 0.211 e. The van der Waals surface area contributed by atoms with Crippen molar-refractivity contribution in [3.05, 3.63) is 75.0 Å². The zero-order chi connectivity index (χ0) is 14.1. The summed E-state index contributed by atoms with van der Waals surface area (Å²) in [5.74, 6) is -0.0302. The Morgan fingerprint density at radius 3 is 2.65 bits per heavy atom. The Labute approximate surface area is 131 Å². The van der Waals surface area contributed by atoms with Crippen molar-refractivity contribution in [3.8, 4) is 0 Å². The van der Waals surface area contributed by atoms with Gasteiger partial charge in [0.15, 0.2) is 0 Å². The zero-order valence-corrected chi connectivity index (χ0v) is 13.1. The van der Waals surface area contributed by atoms with E-state index in [4.69, 9.17) is 0 Å². The smallest absolute Gasteiger partial charge is 0.211 e. The molecule has 0 atom stereocenters. The number of ketones is 1. The van der Waals surface area contributed by atoms with Crippen molar-refractivity contribution >= 4 is 39.3 Å². The van der Waals surface area contributed by atoms with E-state index in [-0.39, 0.29) is 5.78 Å². The maximum absolute atomic E-state index is 12.5. The molecule has 20 heavy (non-hydrogen) atoms. The number of para-hydroxylation sites is 1. The summed E-state index contributed by atoms with van der Waals surface area (Å²) in [4.78, 5) is 17.0. The Hall–Kier alpha value is -1.75. The second-order valence-corrected chi connectivity index (χ2v) is 5.98. The van der Waals surface area contributed by atoms with Gasteiger partial charge in [-0.2, -0.15) is 0 Å². The van der Waals surface area contributed by atoms with Gasteiger partial charge in [0, 0.05) is 14.5 Å². The van der Waals surface area contributed by atoms with Crippen LogP contribution in [0.3, 0.4) is 0 Å². The third kappa shape index (κ3) is 2.58. The van der Waals surface area contributed by atoms with Crippen molar-refractivity contribution in [2.75, 3.05) is 0 Å². The molecule has 3 rings (SSSR count). The fourth-order valence-corrected chi connectivity index (χ4v) is 3.03. The molecule has 2 aromatic carbocycles. The van der Waals surface area contributed by atoms with Gasteiger partial charge in [0.1, 0.15) is 5.69 Å². The molecule has 0 amide bonds. The SMILES string of the molecule is Cc1cc(I)cc(C(=O)c2ccc3ccccc3n2)c1. The Kier molecular flexibility index (Phi) is 3.53. The third-order valence-electron chi connectivity index (χ3n) is 3.14. The van der Waals surface area contributed by atoms with Crippen LogP contribution in [0.4, 0.5) is 0 Å². The van der Waals surface area contributed by atoms with Gasteiger partial charge in [-0.15, -0.1) is 0 Å². The van der Waals surface area contributed by atoms with Gasteiger partial charge < -0.3 is 0 Å². The van der Waals surface area contributed by atoms with Crippen LogP contribution in [0.15, 0.2) is 54.6 Å². The van der Waals surface area contributed by atoms with Crippen LogP contribution < -0.4 is 0 Å². The van der Waals surface area contributed by atoms with Crippen molar-refractivity contribution in [1.29, 1.82) is 0 Å². The van der Waals surface area contributed by atoms with Crippen LogP contribution in [0.1, 0.15) is 21.6 Å². The highest BCUT2D eigenvalue weighted by Gasteiger charge is 2.12. The average Bonchev–Trinajstić information content (AvgIpc) is 2.45. The van der Waals surface area contributed by atoms with E-state index in [9.17, 15) is 4.79 Å². The van der Waals surface area contributed by atoms with Crippen molar-refractivity contribution in [1.82, 2.24) is 4.98 Å². The summed E-state index contributed by atoms with van der Waals surface area (Å²) < 4.78 is 1.06. The van der Waals surface area contributed by atoms with Crippen LogP contribution in [0.2, 0.25) is 0 Å². The molecule has 1 aromatic heterocycles. The standard InChI is InChI=1S/C17H12INO/c1-11-8-13(10-14(18)9-11)17(20)16-7-6-12-4-2-3-5-15(12)19-16/h2-10H,1H3. The number of aromatic nitrogens is 1. The lowest BCUT2D eigenvalue weighted by atomic mass is 10.0. The van der Waals surface area contributed by atoms with Crippen LogP contribution in [-0.4, -0.2) is 10.8 Å². The summed E-state index contributed by atoms with van der Waals surface area (Å²) in [6.45, 7) is 1.99. The molecule has 0 unspecified atom stereocenters. The van der Waals surface area contributed by atoms with Gasteiger partial charge in [-0.25, -0.2) is 4.98 Å². The zero-order valence-electron chi connectivity index (χ0n) is 10.9. The number of aryl methyl sites for hydroxylation is 1. The highest BCUT2D eigenvalue weighted by atomic mass is 127. The van der Waals surface area contributed by atoms with Crippen LogP contribution >= 0.6 is 22.6 Å². The first-order valence-corrected chi connectivity index (χ1v) is 7.39. The molecule has 0 aliphatic carbocycles. The maximum atomic E-state index is 12.5. The Morgan fingerprint density at radius 1 is 1.05 bits per heavy atom. The number of pyridine rings is 1. The highest BCUT2D eigenvalue weighted by Crippen LogP contribution is 2.17. The number of carbonyl (C=O) groups is 1. The van der Waals surface area contributed by atoms with Crippen molar-refractivity contribution in [2.24, 2.45) is 0 Å². The predicted octanol–water partition coefficient (Wildman–Crippen LogP) is 4.38. The van der Waals surface area contributed by atoms with Gasteiger partial charge in [-0.1, -0.05) is 24.3 Å². The van der Waals surface area contributed by atoms with E-state index in [0.717, 1.165) is 20.0 Å². The molecule has 0 bridgehead atoms. The topological polar surface area (TPSA) is 30.0 Å². The van der Waals surface area contributed by atoms with E-state index in [1.807, 2.05) is 55.5 Å². The van der Waals surface area contributed by atoms with Crippen molar-refractivity contribution in [2.45, 2.75) is 6.92 Å². The van der Waals surface area contributed by atoms with Gasteiger partial charge >= 0.3 is 0 Å². The lowest BCUT2D eigenvalue weighted by Gasteiger charge is -2.04. The second-order valence-electron chi connectivity index (χ2n) is 4.74. The normalized spacial score (nSPS) is 10.7. The summed E-state index contributed by atoms with van der Waals surface area (Å²) in [6, 6.07) is 17.4. The van der Waals surface area contributed by atoms with Gasteiger partial charge in [0.05, 0.1) is 5.52 Å².